The van der Waals surface area contributed by atoms with Crippen LogP contribution in [0.5, 0.6) is 0 Å². The molecule has 0 aromatic heterocycles. The second-order valence-corrected chi connectivity index (χ2v) is 5.97. The van der Waals surface area contributed by atoms with Gasteiger partial charge < -0.3 is 10.2 Å². The minimum Gasteiger partial charge on any atom is -0.366 e. The molecule has 1 atom stereocenters. The molecule has 1 heterocycles. The molecule has 1 aromatic carbocycles. The Bertz CT molecular complexity index is 390. The van der Waals surface area contributed by atoms with E-state index in [0.29, 0.717) is 5.92 Å². The molecule has 2 nitrogen and oxygen atoms in total. The van der Waals surface area contributed by atoms with Gasteiger partial charge in [0.15, 0.2) is 0 Å². The summed E-state index contributed by atoms with van der Waals surface area (Å²) >= 11 is 6.07. The second kappa shape index (κ2) is 4.87. The summed E-state index contributed by atoms with van der Waals surface area (Å²) in [7, 11) is 2.02. The minimum absolute atomic E-state index is 0.214. The van der Waals surface area contributed by atoms with Crippen molar-refractivity contribution in [3.8, 4) is 0 Å². The van der Waals surface area contributed by atoms with Crippen LogP contribution in [-0.4, -0.2) is 25.7 Å². The van der Waals surface area contributed by atoms with Crippen LogP contribution in [0.15, 0.2) is 24.3 Å². The summed E-state index contributed by atoms with van der Waals surface area (Å²) in [5, 5.41) is 4.09. The Morgan fingerprint density at radius 1 is 1.47 bits per heavy atom. The molecular weight excluding hydrogens is 232 g/mol. The lowest BCUT2D eigenvalue weighted by molar-refractivity contribution is 0.462. The Balaban J connectivity index is 2.20. The van der Waals surface area contributed by atoms with Gasteiger partial charge in [-0.3, -0.25) is 0 Å². The Morgan fingerprint density at radius 2 is 2.24 bits per heavy atom. The van der Waals surface area contributed by atoms with E-state index in [0.717, 1.165) is 18.1 Å². The maximum absolute atomic E-state index is 6.07. The van der Waals surface area contributed by atoms with Gasteiger partial charge in [-0.2, -0.15) is 0 Å². The van der Waals surface area contributed by atoms with Gasteiger partial charge in [-0.25, -0.2) is 0 Å². The number of halogens is 1. The molecule has 0 amide bonds. The molecular formula is C14H21ClN2. The van der Waals surface area contributed by atoms with Gasteiger partial charge in [-0.05, 0) is 58.0 Å². The lowest BCUT2D eigenvalue weighted by atomic mass is 9.96. The van der Waals surface area contributed by atoms with Crippen LogP contribution in [0.1, 0.15) is 20.3 Å². The number of nitrogens with one attached hydrogen (secondary N) is 1. The normalized spacial score (nSPS) is 23.1. The average molecular weight is 253 g/mol. The third-order valence-corrected chi connectivity index (χ3v) is 3.81. The van der Waals surface area contributed by atoms with Crippen LogP contribution < -0.4 is 10.2 Å². The van der Waals surface area contributed by atoms with Crippen molar-refractivity contribution in [2.45, 2.75) is 25.8 Å². The lowest BCUT2D eigenvalue weighted by Crippen LogP contribution is -2.38. The first-order chi connectivity index (χ1) is 8.03. The molecule has 0 saturated carbocycles. The molecule has 1 aliphatic heterocycles. The fourth-order valence-electron chi connectivity index (χ4n) is 2.91. The average Bonchev–Trinajstić information content (AvgIpc) is 2.54. The fourth-order valence-corrected chi connectivity index (χ4v) is 3.10. The van der Waals surface area contributed by atoms with Gasteiger partial charge in [0, 0.05) is 22.8 Å². The molecule has 1 aliphatic rings. The summed E-state index contributed by atoms with van der Waals surface area (Å²) in [6, 6.07) is 8.17. The predicted molar refractivity (Wildman–Crippen MR) is 74.9 cm³/mol. The summed E-state index contributed by atoms with van der Waals surface area (Å²) < 4.78 is 0. The van der Waals surface area contributed by atoms with E-state index in [4.69, 9.17) is 11.6 Å². The number of hydrogen-bond donors (Lipinski definition) is 1. The van der Waals surface area contributed by atoms with E-state index in [1.54, 1.807) is 0 Å². The van der Waals surface area contributed by atoms with Crippen LogP contribution in [0.4, 0.5) is 5.69 Å². The van der Waals surface area contributed by atoms with Gasteiger partial charge in [-0.1, -0.05) is 17.7 Å². The molecule has 2 rings (SSSR count). The highest BCUT2D eigenvalue weighted by atomic mass is 35.5. The quantitative estimate of drug-likeness (QED) is 0.889. The third kappa shape index (κ3) is 2.75. The van der Waals surface area contributed by atoms with Crippen molar-refractivity contribution in [3.05, 3.63) is 29.3 Å². The number of anilines is 1. The number of rotatable bonds is 3. The van der Waals surface area contributed by atoms with E-state index >= 15 is 0 Å². The van der Waals surface area contributed by atoms with Crippen molar-refractivity contribution >= 4 is 17.3 Å². The molecule has 0 aliphatic carbocycles. The van der Waals surface area contributed by atoms with Gasteiger partial charge in [0.25, 0.3) is 0 Å². The van der Waals surface area contributed by atoms with Gasteiger partial charge in [0.1, 0.15) is 0 Å². The smallest absolute Gasteiger partial charge is 0.0426 e. The van der Waals surface area contributed by atoms with Gasteiger partial charge in [-0.15, -0.1) is 0 Å². The number of benzene rings is 1. The largest absolute Gasteiger partial charge is 0.366 e. The predicted octanol–water partition coefficient (Wildman–Crippen LogP) is 3.16. The summed E-state index contributed by atoms with van der Waals surface area (Å²) in [6.45, 7) is 6.81. The number of nitrogens with zero attached hydrogens (tertiary/aromatic N) is 1. The highest BCUT2D eigenvalue weighted by Gasteiger charge is 2.37. The van der Waals surface area contributed by atoms with Crippen molar-refractivity contribution in [3.63, 3.8) is 0 Å². The molecule has 1 saturated heterocycles. The first-order valence-corrected chi connectivity index (χ1v) is 6.58. The van der Waals surface area contributed by atoms with E-state index in [1.165, 1.54) is 12.1 Å². The van der Waals surface area contributed by atoms with Gasteiger partial charge >= 0.3 is 0 Å². The van der Waals surface area contributed by atoms with Gasteiger partial charge in [0.05, 0.1) is 0 Å². The molecule has 94 valence electrons. The van der Waals surface area contributed by atoms with Crippen molar-refractivity contribution < 1.29 is 0 Å². The zero-order valence-corrected chi connectivity index (χ0v) is 11.6. The van der Waals surface area contributed by atoms with Crippen molar-refractivity contribution in [2.24, 2.45) is 5.92 Å². The Hall–Kier alpha value is -0.730. The monoisotopic (exact) mass is 252 g/mol. The Labute approximate surface area is 109 Å². The van der Waals surface area contributed by atoms with Crippen LogP contribution in [0.3, 0.4) is 0 Å². The molecule has 17 heavy (non-hydrogen) atoms. The highest BCUT2D eigenvalue weighted by Crippen LogP contribution is 2.37. The lowest BCUT2D eigenvalue weighted by Gasteiger charge is -2.33. The fraction of sp³-hybridized carbons (Fsp3) is 0.571. The van der Waals surface area contributed by atoms with Crippen LogP contribution >= 0.6 is 11.6 Å². The molecule has 0 radical (unpaired) electrons. The van der Waals surface area contributed by atoms with Crippen molar-refractivity contribution in [1.82, 2.24) is 5.32 Å². The molecule has 1 N–H and O–H groups in total. The maximum atomic E-state index is 6.07. The van der Waals surface area contributed by atoms with Gasteiger partial charge in [0.2, 0.25) is 0 Å². The van der Waals surface area contributed by atoms with E-state index < -0.39 is 0 Å². The van der Waals surface area contributed by atoms with Crippen molar-refractivity contribution in [2.75, 3.05) is 25.0 Å². The zero-order valence-electron chi connectivity index (χ0n) is 10.8. The summed E-state index contributed by atoms with van der Waals surface area (Å²) in [4.78, 5) is 2.47. The van der Waals surface area contributed by atoms with E-state index in [1.807, 2.05) is 19.2 Å². The topological polar surface area (TPSA) is 15.3 Å². The van der Waals surface area contributed by atoms with E-state index in [-0.39, 0.29) is 5.54 Å². The maximum Gasteiger partial charge on any atom is 0.0426 e. The number of hydrogen-bond acceptors (Lipinski definition) is 2. The van der Waals surface area contributed by atoms with Crippen LogP contribution in [0.2, 0.25) is 5.02 Å². The molecule has 0 spiro atoms. The SMILES string of the molecule is CNCC1CN(c2cccc(Cl)c2)C(C)(C)C1. The molecule has 1 aromatic rings. The summed E-state index contributed by atoms with van der Waals surface area (Å²) in [6.07, 6.45) is 1.22. The first-order valence-electron chi connectivity index (χ1n) is 6.21. The Morgan fingerprint density at radius 3 is 2.88 bits per heavy atom. The third-order valence-electron chi connectivity index (χ3n) is 3.57. The molecule has 0 bridgehead atoms. The summed E-state index contributed by atoms with van der Waals surface area (Å²) in [5.41, 5.74) is 1.45. The summed E-state index contributed by atoms with van der Waals surface area (Å²) in [5.74, 6) is 0.717. The zero-order chi connectivity index (χ0) is 12.5. The Kier molecular flexibility index (Phi) is 3.64. The van der Waals surface area contributed by atoms with Crippen LogP contribution in [-0.2, 0) is 0 Å². The molecule has 1 fully saturated rings. The standard InChI is InChI=1S/C14H21ClN2/c1-14(2)8-11(9-16-3)10-17(14)13-6-4-5-12(15)7-13/h4-7,11,16H,8-10H2,1-3H3. The van der Waals surface area contributed by atoms with E-state index in [9.17, 15) is 0 Å². The van der Waals surface area contributed by atoms with E-state index in [2.05, 4.69) is 36.2 Å². The molecule has 3 heteroatoms. The molecule has 1 unspecified atom stereocenters. The second-order valence-electron chi connectivity index (χ2n) is 5.53. The van der Waals surface area contributed by atoms with Crippen molar-refractivity contribution in [1.29, 1.82) is 0 Å². The first kappa shape index (κ1) is 12.7. The van der Waals surface area contributed by atoms with Crippen LogP contribution in [0.25, 0.3) is 0 Å². The highest BCUT2D eigenvalue weighted by molar-refractivity contribution is 6.30. The van der Waals surface area contributed by atoms with Crippen LogP contribution in [0, 0.1) is 5.92 Å². The minimum atomic E-state index is 0.214.